The Balaban J connectivity index is 1.65. The minimum atomic E-state index is -0.0965. The topological polar surface area (TPSA) is 92.1 Å². The van der Waals surface area contributed by atoms with E-state index in [1.54, 1.807) is 0 Å². The van der Waals surface area contributed by atoms with Crippen LogP contribution in [-0.2, 0) is 6.54 Å². The smallest absolute Gasteiger partial charge is 0.255 e. The molecule has 1 saturated carbocycles. The Bertz CT molecular complexity index is 1140. The number of hydrogen-bond donors (Lipinski definition) is 4. The fourth-order valence-corrected chi connectivity index (χ4v) is 4.80. The highest BCUT2D eigenvalue weighted by molar-refractivity contribution is 6.06. The molecule has 1 fully saturated rings. The number of anilines is 3. The SMILES string of the molecule is Cc1cccc(Nc2nc(NC3CCCC[C@@H]3N)c(-c3ccccc3)c3c2C(=O)NC3)c1. The van der Waals surface area contributed by atoms with Crippen LogP contribution < -0.4 is 21.7 Å². The first kappa shape index (κ1) is 20.5. The highest BCUT2D eigenvalue weighted by atomic mass is 16.1. The maximum Gasteiger partial charge on any atom is 0.255 e. The summed E-state index contributed by atoms with van der Waals surface area (Å²) in [5, 5.41) is 10.1. The van der Waals surface area contributed by atoms with Crippen molar-refractivity contribution in [1.82, 2.24) is 10.3 Å². The van der Waals surface area contributed by atoms with Gasteiger partial charge in [0.05, 0.1) is 5.56 Å². The van der Waals surface area contributed by atoms with E-state index < -0.39 is 0 Å². The minimum Gasteiger partial charge on any atom is -0.365 e. The van der Waals surface area contributed by atoms with Crippen molar-refractivity contribution in [3.8, 4) is 11.1 Å². The van der Waals surface area contributed by atoms with Gasteiger partial charge in [-0.05, 0) is 48.6 Å². The summed E-state index contributed by atoms with van der Waals surface area (Å²) in [7, 11) is 0. The number of nitrogens with one attached hydrogen (secondary N) is 3. The molecule has 2 aromatic carbocycles. The van der Waals surface area contributed by atoms with Gasteiger partial charge in [-0.1, -0.05) is 55.3 Å². The molecule has 0 bridgehead atoms. The summed E-state index contributed by atoms with van der Waals surface area (Å²) in [6.45, 7) is 2.53. The van der Waals surface area contributed by atoms with E-state index in [-0.39, 0.29) is 18.0 Å². The second kappa shape index (κ2) is 8.63. The number of hydrogen-bond acceptors (Lipinski definition) is 5. The second-order valence-corrected chi connectivity index (χ2v) is 8.78. The lowest BCUT2D eigenvalue weighted by atomic mass is 9.90. The van der Waals surface area contributed by atoms with Crippen molar-refractivity contribution in [2.75, 3.05) is 10.6 Å². The summed E-state index contributed by atoms with van der Waals surface area (Å²) in [5.74, 6) is 1.26. The third-order valence-corrected chi connectivity index (χ3v) is 6.44. The van der Waals surface area contributed by atoms with Gasteiger partial charge in [0.15, 0.2) is 0 Å². The molecule has 1 aromatic heterocycles. The Morgan fingerprint density at radius 1 is 1.00 bits per heavy atom. The van der Waals surface area contributed by atoms with Gasteiger partial charge in [-0.25, -0.2) is 4.98 Å². The molecule has 1 amide bonds. The molecule has 32 heavy (non-hydrogen) atoms. The summed E-state index contributed by atoms with van der Waals surface area (Å²) in [6, 6.07) is 18.5. The predicted molar refractivity (Wildman–Crippen MR) is 129 cm³/mol. The molecule has 2 aliphatic rings. The monoisotopic (exact) mass is 427 g/mol. The van der Waals surface area contributed by atoms with Crippen molar-refractivity contribution in [2.24, 2.45) is 5.73 Å². The molecule has 1 aliphatic carbocycles. The molecule has 1 aliphatic heterocycles. The number of aryl methyl sites for hydroxylation is 1. The van der Waals surface area contributed by atoms with Gasteiger partial charge in [0, 0.05) is 29.9 Å². The van der Waals surface area contributed by atoms with E-state index in [0.717, 1.165) is 53.0 Å². The summed E-state index contributed by atoms with van der Waals surface area (Å²) < 4.78 is 0. The number of rotatable bonds is 5. The first-order valence-corrected chi connectivity index (χ1v) is 11.4. The van der Waals surface area contributed by atoms with E-state index in [1.807, 2.05) is 43.3 Å². The Kier molecular flexibility index (Phi) is 5.53. The van der Waals surface area contributed by atoms with Crippen LogP contribution in [0.4, 0.5) is 17.3 Å². The zero-order valence-electron chi connectivity index (χ0n) is 18.3. The molecule has 2 atom stereocenters. The number of benzene rings is 2. The fourth-order valence-electron chi connectivity index (χ4n) is 4.80. The normalized spacial score (nSPS) is 19.9. The largest absolute Gasteiger partial charge is 0.365 e. The standard InChI is InChI=1S/C26H29N5O/c1-16-8-7-11-18(14-16)29-25-23-19(15-28-26(23)32)22(17-9-3-2-4-10-17)24(31-25)30-21-13-6-5-12-20(21)27/h2-4,7-11,14,20-21H,5-6,12-13,15,27H2,1H3,(H,28,32)(H2,29,30,31)/t20-,21?/m0/s1. The zero-order chi connectivity index (χ0) is 22.1. The average molecular weight is 428 g/mol. The average Bonchev–Trinajstić information content (AvgIpc) is 3.18. The molecule has 0 saturated heterocycles. The summed E-state index contributed by atoms with van der Waals surface area (Å²) >= 11 is 0. The maximum absolute atomic E-state index is 12.8. The molecule has 6 heteroatoms. The maximum atomic E-state index is 12.8. The first-order valence-electron chi connectivity index (χ1n) is 11.4. The van der Waals surface area contributed by atoms with Gasteiger partial charge in [-0.3, -0.25) is 4.79 Å². The van der Waals surface area contributed by atoms with Crippen LogP contribution in [0.1, 0.15) is 47.2 Å². The van der Waals surface area contributed by atoms with Crippen LogP contribution in [0, 0.1) is 6.92 Å². The number of nitrogens with two attached hydrogens (primary N) is 1. The van der Waals surface area contributed by atoms with E-state index in [9.17, 15) is 4.79 Å². The highest BCUT2D eigenvalue weighted by Crippen LogP contribution is 2.39. The minimum absolute atomic E-state index is 0.0929. The van der Waals surface area contributed by atoms with Crippen molar-refractivity contribution in [1.29, 1.82) is 0 Å². The number of carbonyl (C=O) groups excluding carboxylic acids is 1. The van der Waals surface area contributed by atoms with Gasteiger partial charge < -0.3 is 21.7 Å². The lowest BCUT2D eigenvalue weighted by Gasteiger charge is -2.31. The van der Waals surface area contributed by atoms with Crippen LogP contribution in [0.25, 0.3) is 11.1 Å². The van der Waals surface area contributed by atoms with E-state index in [1.165, 1.54) is 6.42 Å². The molecule has 6 nitrogen and oxygen atoms in total. The van der Waals surface area contributed by atoms with Crippen molar-refractivity contribution < 1.29 is 4.79 Å². The predicted octanol–water partition coefficient (Wildman–Crippen LogP) is 4.73. The number of carbonyl (C=O) groups is 1. The number of fused-ring (bicyclic) bond motifs is 1. The molecule has 5 N–H and O–H groups in total. The van der Waals surface area contributed by atoms with Crippen LogP contribution in [0.5, 0.6) is 0 Å². The van der Waals surface area contributed by atoms with Crippen LogP contribution in [0.15, 0.2) is 54.6 Å². The summed E-state index contributed by atoms with van der Waals surface area (Å²) in [4.78, 5) is 17.8. The lowest BCUT2D eigenvalue weighted by Crippen LogP contribution is -2.43. The van der Waals surface area contributed by atoms with Gasteiger partial charge >= 0.3 is 0 Å². The summed E-state index contributed by atoms with van der Waals surface area (Å²) in [5.41, 5.74) is 12.1. The Morgan fingerprint density at radius 2 is 1.81 bits per heavy atom. The highest BCUT2D eigenvalue weighted by Gasteiger charge is 2.31. The molecular formula is C26H29N5O. The quantitative estimate of drug-likeness (QED) is 0.473. The second-order valence-electron chi connectivity index (χ2n) is 8.78. The lowest BCUT2D eigenvalue weighted by molar-refractivity contribution is 0.0966. The number of pyridine rings is 1. The van der Waals surface area contributed by atoms with Crippen molar-refractivity contribution in [2.45, 2.75) is 51.2 Å². The molecule has 3 aromatic rings. The molecule has 0 radical (unpaired) electrons. The number of nitrogens with zero attached hydrogens (tertiary/aromatic N) is 1. The van der Waals surface area contributed by atoms with Crippen LogP contribution >= 0.6 is 0 Å². The summed E-state index contributed by atoms with van der Waals surface area (Å²) in [6.07, 6.45) is 4.36. The third kappa shape index (κ3) is 3.94. The van der Waals surface area contributed by atoms with Crippen molar-refractivity contribution in [3.05, 3.63) is 71.3 Å². The molecular weight excluding hydrogens is 398 g/mol. The van der Waals surface area contributed by atoms with Gasteiger partial charge in [0.2, 0.25) is 0 Å². The molecule has 5 rings (SSSR count). The fraction of sp³-hybridized carbons (Fsp3) is 0.308. The van der Waals surface area contributed by atoms with Crippen molar-refractivity contribution in [3.63, 3.8) is 0 Å². The molecule has 164 valence electrons. The zero-order valence-corrected chi connectivity index (χ0v) is 18.3. The Hall–Kier alpha value is -3.38. The van der Waals surface area contributed by atoms with Crippen LogP contribution in [0.3, 0.4) is 0 Å². The van der Waals surface area contributed by atoms with Crippen LogP contribution in [-0.4, -0.2) is 23.0 Å². The van der Waals surface area contributed by atoms with Gasteiger partial charge in [0.1, 0.15) is 11.6 Å². The van der Waals surface area contributed by atoms with E-state index in [0.29, 0.717) is 17.9 Å². The van der Waals surface area contributed by atoms with Gasteiger partial charge in [-0.15, -0.1) is 0 Å². The number of amides is 1. The molecule has 0 spiro atoms. The first-order chi connectivity index (χ1) is 15.6. The van der Waals surface area contributed by atoms with E-state index in [2.05, 4.69) is 34.1 Å². The molecule has 2 heterocycles. The Morgan fingerprint density at radius 3 is 2.59 bits per heavy atom. The number of aromatic nitrogens is 1. The molecule has 1 unspecified atom stereocenters. The van der Waals surface area contributed by atoms with Gasteiger partial charge in [-0.2, -0.15) is 0 Å². The van der Waals surface area contributed by atoms with Crippen LogP contribution in [0.2, 0.25) is 0 Å². The van der Waals surface area contributed by atoms with Gasteiger partial charge in [0.25, 0.3) is 5.91 Å². The van der Waals surface area contributed by atoms with E-state index in [4.69, 9.17) is 10.7 Å². The van der Waals surface area contributed by atoms with E-state index >= 15 is 0 Å². The van der Waals surface area contributed by atoms with Crippen molar-refractivity contribution >= 4 is 23.2 Å². The third-order valence-electron chi connectivity index (χ3n) is 6.44. The Labute approximate surface area is 188 Å².